The normalized spacial score (nSPS) is 12.1. The van der Waals surface area contributed by atoms with Crippen LogP contribution in [0.2, 0.25) is 0 Å². The number of nitrogens with two attached hydrogens (primary N) is 1. The topological polar surface area (TPSA) is 47.3 Å². The van der Waals surface area contributed by atoms with Gasteiger partial charge in [-0.2, -0.15) is 0 Å². The van der Waals surface area contributed by atoms with Gasteiger partial charge in [-0.25, -0.2) is 0 Å². The maximum atomic E-state index is 5.71. The second-order valence-corrected chi connectivity index (χ2v) is 5.88. The van der Waals surface area contributed by atoms with E-state index in [9.17, 15) is 0 Å². The third kappa shape index (κ3) is 4.84. The Morgan fingerprint density at radius 1 is 1.10 bits per heavy atom. The molecule has 0 aliphatic heterocycles. The number of rotatable bonds is 7. The Bertz CT molecular complexity index is 540. The minimum absolute atomic E-state index is 0.0893. The predicted molar refractivity (Wildman–Crippen MR) is 90.1 cm³/mol. The minimum Gasteiger partial charge on any atom is -0.494 e. The molecule has 2 rings (SSSR count). The maximum Gasteiger partial charge on any atom is 0.119 e. The lowest BCUT2D eigenvalue weighted by Crippen LogP contribution is -2.29. The summed E-state index contributed by atoms with van der Waals surface area (Å²) in [5, 5.41) is 0. The molecule has 0 amide bonds. The van der Waals surface area contributed by atoms with Crippen molar-refractivity contribution in [3.05, 3.63) is 64.1 Å². The number of hydrogen-bond donors (Lipinski definition) is 2. The number of ether oxygens (including phenoxy) is 1. The summed E-state index contributed by atoms with van der Waals surface area (Å²) in [7, 11) is 0. The van der Waals surface area contributed by atoms with E-state index in [-0.39, 0.29) is 6.04 Å². The van der Waals surface area contributed by atoms with Crippen molar-refractivity contribution in [3.63, 3.8) is 0 Å². The molecule has 0 aromatic heterocycles. The molecule has 21 heavy (non-hydrogen) atoms. The van der Waals surface area contributed by atoms with E-state index in [1.165, 1.54) is 5.56 Å². The Morgan fingerprint density at radius 2 is 1.76 bits per heavy atom. The van der Waals surface area contributed by atoms with E-state index in [1.807, 2.05) is 24.3 Å². The van der Waals surface area contributed by atoms with Crippen molar-refractivity contribution in [2.75, 3.05) is 6.61 Å². The maximum absolute atomic E-state index is 5.71. The van der Waals surface area contributed by atoms with E-state index in [1.54, 1.807) is 0 Å². The first-order valence-corrected chi connectivity index (χ1v) is 7.95. The molecule has 2 aromatic rings. The van der Waals surface area contributed by atoms with Crippen LogP contribution in [0.4, 0.5) is 0 Å². The Morgan fingerprint density at radius 3 is 2.33 bits per heavy atom. The van der Waals surface area contributed by atoms with Crippen molar-refractivity contribution >= 4 is 15.9 Å². The van der Waals surface area contributed by atoms with E-state index in [0.29, 0.717) is 0 Å². The Balaban J connectivity index is 2.04. The Labute approximate surface area is 134 Å². The molecule has 0 fully saturated rings. The SMILES string of the molecule is CCCOc1ccc(C(Cc2ccc(Br)cc2)NN)cc1. The van der Waals surface area contributed by atoms with Crippen LogP contribution in [0, 0.1) is 0 Å². The van der Waals surface area contributed by atoms with Crippen molar-refractivity contribution in [1.29, 1.82) is 0 Å². The summed E-state index contributed by atoms with van der Waals surface area (Å²) in [4.78, 5) is 0. The van der Waals surface area contributed by atoms with Crippen LogP contribution in [0.25, 0.3) is 0 Å². The van der Waals surface area contributed by atoms with E-state index in [2.05, 4.69) is 52.5 Å². The van der Waals surface area contributed by atoms with Crippen LogP contribution in [0.5, 0.6) is 5.75 Å². The number of hydrazine groups is 1. The van der Waals surface area contributed by atoms with Gasteiger partial charge >= 0.3 is 0 Å². The van der Waals surface area contributed by atoms with E-state index in [4.69, 9.17) is 10.6 Å². The summed E-state index contributed by atoms with van der Waals surface area (Å²) in [5.74, 6) is 6.61. The van der Waals surface area contributed by atoms with Crippen molar-refractivity contribution in [2.24, 2.45) is 5.84 Å². The van der Waals surface area contributed by atoms with E-state index >= 15 is 0 Å². The highest BCUT2D eigenvalue weighted by Gasteiger charge is 2.10. The molecule has 1 unspecified atom stereocenters. The van der Waals surface area contributed by atoms with Crippen molar-refractivity contribution in [3.8, 4) is 5.75 Å². The fourth-order valence-corrected chi connectivity index (χ4v) is 2.41. The summed E-state index contributed by atoms with van der Waals surface area (Å²) in [6.45, 7) is 2.85. The zero-order valence-corrected chi connectivity index (χ0v) is 13.8. The lowest BCUT2D eigenvalue weighted by atomic mass is 9.99. The van der Waals surface area contributed by atoms with Crippen molar-refractivity contribution < 1.29 is 4.74 Å². The summed E-state index contributed by atoms with van der Waals surface area (Å²) < 4.78 is 6.68. The zero-order chi connectivity index (χ0) is 15.1. The number of hydrogen-bond acceptors (Lipinski definition) is 3. The van der Waals surface area contributed by atoms with E-state index < -0.39 is 0 Å². The monoisotopic (exact) mass is 348 g/mol. The zero-order valence-electron chi connectivity index (χ0n) is 12.2. The van der Waals surface area contributed by atoms with Gasteiger partial charge in [0.05, 0.1) is 6.61 Å². The lowest BCUT2D eigenvalue weighted by molar-refractivity contribution is 0.317. The van der Waals surface area contributed by atoms with Crippen LogP contribution in [-0.2, 0) is 6.42 Å². The number of benzene rings is 2. The predicted octanol–water partition coefficient (Wildman–Crippen LogP) is 3.99. The highest BCUT2D eigenvalue weighted by molar-refractivity contribution is 9.10. The van der Waals surface area contributed by atoms with Crippen LogP contribution >= 0.6 is 15.9 Å². The quantitative estimate of drug-likeness (QED) is 0.587. The molecule has 3 N–H and O–H groups in total. The van der Waals surface area contributed by atoms with Gasteiger partial charge in [0.2, 0.25) is 0 Å². The average molecular weight is 349 g/mol. The minimum atomic E-state index is 0.0893. The molecule has 0 saturated carbocycles. The second-order valence-electron chi connectivity index (χ2n) is 4.97. The molecule has 0 radical (unpaired) electrons. The van der Waals surface area contributed by atoms with Gasteiger partial charge in [0.25, 0.3) is 0 Å². The second kappa shape index (κ2) is 8.17. The molecule has 0 heterocycles. The third-order valence-electron chi connectivity index (χ3n) is 3.31. The van der Waals surface area contributed by atoms with Gasteiger partial charge < -0.3 is 4.74 Å². The molecule has 3 nitrogen and oxygen atoms in total. The summed E-state index contributed by atoms with van der Waals surface area (Å²) in [6, 6.07) is 16.5. The largest absolute Gasteiger partial charge is 0.494 e. The molecule has 0 aliphatic rings. The van der Waals surface area contributed by atoms with Crippen LogP contribution < -0.4 is 16.0 Å². The molecule has 2 aromatic carbocycles. The van der Waals surface area contributed by atoms with E-state index in [0.717, 1.165) is 35.2 Å². The van der Waals surface area contributed by atoms with Crippen LogP contribution in [0.1, 0.15) is 30.5 Å². The third-order valence-corrected chi connectivity index (χ3v) is 3.84. The van der Waals surface area contributed by atoms with Crippen LogP contribution in [0.3, 0.4) is 0 Å². The smallest absolute Gasteiger partial charge is 0.119 e. The van der Waals surface area contributed by atoms with Gasteiger partial charge in [0.1, 0.15) is 5.75 Å². The summed E-state index contributed by atoms with van der Waals surface area (Å²) in [6.07, 6.45) is 1.86. The fraction of sp³-hybridized carbons (Fsp3) is 0.294. The highest BCUT2D eigenvalue weighted by atomic mass is 79.9. The molecular formula is C17H21BrN2O. The summed E-state index contributed by atoms with van der Waals surface area (Å²) in [5.41, 5.74) is 5.29. The number of halogens is 1. The molecule has 0 aliphatic carbocycles. The molecular weight excluding hydrogens is 328 g/mol. The van der Waals surface area contributed by atoms with Gasteiger partial charge in [-0.3, -0.25) is 11.3 Å². The standard InChI is InChI=1S/C17H21BrN2O/c1-2-11-21-16-9-5-14(6-10-16)17(20-19)12-13-3-7-15(18)8-4-13/h3-10,17,20H,2,11-12,19H2,1H3. The van der Waals surface area contributed by atoms with Gasteiger partial charge in [-0.15, -0.1) is 0 Å². The summed E-state index contributed by atoms with van der Waals surface area (Å²) >= 11 is 3.45. The molecule has 0 saturated heterocycles. The van der Waals surface area contributed by atoms with Gasteiger partial charge in [0.15, 0.2) is 0 Å². The van der Waals surface area contributed by atoms with Gasteiger partial charge in [0, 0.05) is 10.5 Å². The van der Waals surface area contributed by atoms with Gasteiger partial charge in [-0.1, -0.05) is 47.1 Å². The first kappa shape index (κ1) is 16.0. The highest BCUT2D eigenvalue weighted by Crippen LogP contribution is 2.22. The molecule has 0 spiro atoms. The number of nitrogens with one attached hydrogen (secondary N) is 1. The first-order chi connectivity index (χ1) is 10.2. The Kier molecular flexibility index (Phi) is 6.23. The molecule has 1 atom stereocenters. The molecule has 4 heteroatoms. The van der Waals surface area contributed by atoms with Crippen molar-refractivity contribution in [2.45, 2.75) is 25.8 Å². The molecule has 0 bridgehead atoms. The fourth-order valence-electron chi connectivity index (χ4n) is 2.15. The van der Waals surface area contributed by atoms with Crippen molar-refractivity contribution in [1.82, 2.24) is 5.43 Å². The lowest BCUT2D eigenvalue weighted by Gasteiger charge is -2.17. The van der Waals surface area contributed by atoms with Crippen LogP contribution in [-0.4, -0.2) is 6.61 Å². The average Bonchev–Trinajstić information content (AvgIpc) is 2.53. The van der Waals surface area contributed by atoms with Gasteiger partial charge in [-0.05, 0) is 48.2 Å². The molecule has 112 valence electrons. The first-order valence-electron chi connectivity index (χ1n) is 7.16. The Hall–Kier alpha value is -1.36. The van der Waals surface area contributed by atoms with Crippen LogP contribution in [0.15, 0.2) is 53.0 Å².